The van der Waals surface area contributed by atoms with Gasteiger partial charge < -0.3 is 0 Å². The maximum Gasteiger partial charge on any atom is 0.137 e. The standard InChI is InChI=1S/C12H14BrFN2/c1-9(2)16(7-6-15)8-10-4-3-5-11(14)12(10)13/h3-5,9H,7-8H2,1-2H3. The lowest BCUT2D eigenvalue weighted by molar-refractivity contribution is 0.239. The zero-order chi connectivity index (χ0) is 12.1. The van der Waals surface area contributed by atoms with Crippen molar-refractivity contribution in [3.8, 4) is 6.07 Å². The van der Waals surface area contributed by atoms with Gasteiger partial charge in [-0.25, -0.2) is 4.39 Å². The summed E-state index contributed by atoms with van der Waals surface area (Å²) in [6.07, 6.45) is 0. The van der Waals surface area contributed by atoms with Gasteiger partial charge in [-0.3, -0.25) is 4.90 Å². The third-order valence-corrected chi connectivity index (χ3v) is 3.30. The number of nitrogens with zero attached hydrogens (tertiary/aromatic N) is 2. The average Bonchev–Trinajstić information content (AvgIpc) is 2.23. The Hall–Kier alpha value is -0.920. The average molecular weight is 285 g/mol. The first kappa shape index (κ1) is 13.1. The molecule has 0 N–H and O–H groups in total. The van der Waals surface area contributed by atoms with E-state index in [2.05, 4.69) is 22.0 Å². The Morgan fingerprint density at radius 3 is 2.75 bits per heavy atom. The second-order valence-corrected chi connectivity index (χ2v) is 4.66. The molecule has 0 heterocycles. The van der Waals surface area contributed by atoms with Gasteiger partial charge in [-0.15, -0.1) is 0 Å². The van der Waals surface area contributed by atoms with Gasteiger partial charge in [0.15, 0.2) is 0 Å². The van der Waals surface area contributed by atoms with Crippen LogP contribution < -0.4 is 0 Å². The summed E-state index contributed by atoms with van der Waals surface area (Å²) in [5.74, 6) is -0.266. The molecule has 0 fully saturated rings. The largest absolute Gasteiger partial charge is 0.284 e. The predicted octanol–water partition coefficient (Wildman–Crippen LogP) is 3.32. The van der Waals surface area contributed by atoms with E-state index in [4.69, 9.17) is 5.26 Å². The van der Waals surface area contributed by atoms with E-state index in [-0.39, 0.29) is 11.9 Å². The molecule has 4 heteroatoms. The number of hydrogen-bond donors (Lipinski definition) is 0. The van der Waals surface area contributed by atoms with Crippen LogP contribution in [0.3, 0.4) is 0 Å². The van der Waals surface area contributed by atoms with Crippen LogP contribution in [0.25, 0.3) is 0 Å². The minimum atomic E-state index is -0.266. The molecule has 1 rings (SSSR count). The van der Waals surface area contributed by atoms with E-state index in [1.807, 2.05) is 24.8 Å². The molecule has 0 aromatic heterocycles. The lowest BCUT2D eigenvalue weighted by atomic mass is 10.2. The molecular formula is C12H14BrFN2. The molecule has 0 saturated heterocycles. The highest BCUT2D eigenvalue weighted by Crippen LogP contribution is 2.22. The van der Waals surface area contributed by atoms with Crippen LogP contribution in [0.15, 0.2) is 22.7 Å². The zero-order valence-electron chi connectivity index (χ0n) is 9.37. The quantitative estimate of drug-likeness (QED) is 0.793. The van der Waals surface area contributed by atoms with Gasteiger partial charge >= 0.3 is 0 Å². The molecule has 0 aliphatic heterocycles. The molecule has 0 bridgehead atoms. The van der Waals surface area contributed by atoms with Gasteiger partial charge in [-0.2, -0.15) is 5.26 Å². The molecule has 0 radical (unpaired) electrons. The molecule has 0 atom stereocenters. The van der Waals surface area contributed by atoms with E-state index in [0.29, 0.717) is 17.6 Å². The Morgan fingerprint density at radius 2 is 2.19 bits per heavy atom. The fraction of sp³-hybridized carbons (Fsp3) is 0.417. The van der Waals surface area contributed by atoms with Crippen LogP contribution in [0.2, 0.25) is 0 Å². The molecule has 0 spiro atoms. The maximum atomic E-state index is 13.3. The van der Waals surface area contributed by atoms with Crippen LogP contribution in [0.4, 0.5) is 4.39 Å². The number of nitriles is 1. The topological polar surface area (TPSA) is 27.0 Å². The van der Waals surface area contributed by atoms with Crippen molar-refractivity contribution in [2.75, 3.05) is 6.54 Å². The SMILES string of the molecule is CC(C)N(CC#N)Cc1cccc(F)c1Br. The second-order valence-electron chi connectivity index (χ2n) is 3.87. The molecule has 0 aliphatic rings. The molecular weight excluding hydrogens is 271 g/mol. The van der Waals surface area contributed by atoms with Crippen molar-refractivity contribution in [3.63, 3.8) is 0 Å². The van der Waals surface area contributed by atoms with Crippen LogP contribution in [0, 0.1) is 17.1 Å². The molecule has 0 amide bonds. The summed E-state index contributed by atoms with van der Waals surface area (Å²) in [6.45, 7) is 4.96. The summed E-state index contributed by atoms with van der Waals surface area (Å²) in [6, 6.07) is 7.34. The fourth-order valence-electron chi connectivity index (χ4n) is 1.40. The summed E-state index contributed by atoms with van der Waals surface area (Å²) >= 11 is 3.22. The first-order valence-corrected chi connectivity index (χ1v) is 5.89. The van der Waals surface area contributed by atoms with E-state index < -0.39 is 0 Å². The minimum absolute atomic E-state index is 0.259. The Labute approximate surface area is 104 Å². The Balaban J connectivity index is 2.86. The predicted molar refractivity (Wildman–Crippen MR) is 65.3 cm³/mol. The van der Waals surface area contributed by atoms with Crippen molar-refractivity contribution >= 4 is 15.9 Å². The van der Waals surface area contributed by atoms with E-state index in [9.17, 15) is 4.39 Å². The summed E-state index contributed by atoms with van der Waals surface area (Å²) in [5, 5.41) is 8.71. The smallest absolute Gasteiger partial charge is 0.137 e. The van der Waals surface area contributed by atoms with Gasteiger partial charge in [-0.05, 0) is 41.4 Å². The third-order valence-electron chi connectivity index (χ3n) is 2.41. The zero-order valence-corrected chi connectivity index (χ0v) is 11.0. The van der Waals surface area contributed by atoms with Crippen LogP contribution >= 0.6 is 15.9 Å². The lowest BCUT2D eigenvalue weighted by Crippen LogP contribution is -2.30. The summed E-state index contributed by atoms with van der Waals surface area (Å²) in [7, 11) is 0. The molecule has 86 valence electrons. The highest BCUT2D eigenvalue weighted by molar-refractivity contribution is 9.10. The monoisotopic (exact) mass is 284 g/mol. The number of benzene rings is 1. The summed E-state index contributed by atoms with van der Waals surface area (Å²) < 4.78 is 13.8. The lowest BCUT2D eigenvalue weighted by Gasteiger charge is -2.23. The molecule has 16 heavy (non-hydrogen) atoms. The van der Waals surface area contributed by atoms with Gasteiger partial charge in [0.1, 0.15) is 5.82 Å². The summed E-state index contributed by atoms with van der Waals surface area (Å²) in [5.41, 5.74) is 0.865. The van der Waals surface area contributed by atoms with Gasteiger partial charge in [0.05, 0.1) is 17.1 Å². The number of rotatable bonds is 4. The Bertz CT molecular complexity index is 398. The van der Waals surface area contributed by atoms with E-state index >= 15 is 0 Å². The number of hydrogen-bond acceptors (Lipinski definition) is 2. The van der Waals surface area contributed by atoms with Crippen LogP contribution in [-0.4, -0.2) is 17.5 Å². The minimum Gasteiger partial charge on any atom is -0.284 e. The molecule has 0 aliphatic carbocycles. The van der Waals surface area contributed by atoms with Crippen molar-refractivity contribution in [1.29, 1.82) is 5.26 Å². The van der Waals surface area contributed by atoms with Crippen molar-refractivity contribution < 1.29 is 4.39 Å². The van der Waals surface area contributed by atoms with Gasteiger partial charge in [0.2, 0.25) is 0 Å². The fourth-order valence-corrected chi connectivity index (χ4v) is 1.79. The van der Waals surface area contributed by atoms with Gasteiger partial charge in [0.25, 0.3) is 0 Å². The van der Waals surface area contributed by atoms with Crippen LogP contribution in [-0.2, 0) is 6.54 Å². The van der Waals surface area contributed by atoms with E-state index in [1.54, 1.807) is 6.07 Å². The maximum absolute atomic E-state index is 13.3. The molecule has 1 aromatic rings. The summed E-state index contributed by atoms with van der Waals surface area (Å²) in [4.78, 5) is 1.99. The van der Waals surface area contributed by atoms with Crippen molar-refractivity contribution in [3.05, 3.63) is 34.1 Å². The van der Waals surface area contributed by atoms with Gasteiger partial charge in [-0.1, -0.05) is 12.1 Å². The van der Waals surface area contributed by atoms with E-state index in [0.717, 1.165) is 5.56 Å². The van der Waals surface area contributed by atoms with Crippen molar-refractivity contribution in [2.24, 2.45) is 0 Å². The van der Waals surface area contributed by atoms with Gasteiger partial charge in [0, 0.05) is 12.6 Å². The third kappa shape index (κ3) is 3.29. The highest BCUT2D eigenvalue weighted by Gasteiger charge is 2.12. The molecule has 1 aromatic carbocycles. The molecule has 0 saturated carbocycles. The first-order valence-electron chi connectivity index (χ1n) is 5.10. The Morgan fingerprint density at radius 1 is 1.50 bits per heavy atom. The van der Waals surface area contributed by atoms with E-state index in [1.165, 1.54) is 6.07 Å². The molecule has 2 nitrogen and oxygen atoms in total. The number of halogens is 2. The van der Waals surface area contributed by atoms with Crippen molar-refractivity contribution in [2.45, 2.75) is 26.4 Å². The Kier molecular flexibility index (Phi) is 4.91. The first-order chi connectivity index (χ1) is 7.56. The van der Waals surface area contributed by atoms with Crippen molar-refractivity contribution in [1.82, 2.24) is 4.90 Å². The molecule has 0 unspecified atom stereocenters. The highest BCUT2D eigenvalue weighted by atomic mass is 79.9. The van der Waals surface area contributed by atoms with Crippen LogP contribution in [0.1, 0.15) is 19.4 Å². The second kappa shape index (κ2) is 5.97. The normalized spacial score (nSPS) is 10.8. The van der Waals surface area contributed by atoms with Crippen LogP contribution in [0.5, 0.6) is 0 Å².